The van der Waals surface area contributed by atoms with Crippen LogP contribution in [0.3, 0.4) is 0 Å². The van der Waals surface area contributed by atoms with Crippen LogP contribution in [0.4, 0.5) is 5.69 Å². The highest BCUT2D eigenvalue weighted by Crippen LogP contribution is 2.26. The number of rotatable bonds is 1. The lowest BCUT2D eigenvalue weighted by atomic mass is 10.1. The molecular formula is C14H21ClN2O. The van der Waals surface area contributed by atoms with E-state index in [-0.39, 0.29) is 0 Å². The van der Waals surface area contributed by atoms with E-state index < -0.39 is 5.60 Å². The molecule has 0 saturated carbocycles. The third kappa shape index (κ3) is 3.16. The molecule has 4 heteroatoms. The summed E-state index contributed by atoms with van der Waals surface area (Å²) in [6.07, 6.45) is 0. The first-order valence-electron chi connectivity index (χ1n) is 6.34. The minimum Gasteiger partial charge on any atom is -0.387 e. The number of aryl methyl sites for hydroxylation is 1. The van der Waals surface area contributed by atoms with E-state index in [1.165, 1.54) is 5.56 Å². The SMILES string of the molecule is Cc1ccc(Cl)cc1N1CC(C)NCC(C)(O)C1. The number of hydrogen-bond acceptors (Lipinski definition) is 3. The van der Waals surface area contributed by atoms with Crippen molar-refractivity contribution >= 4 is 17.3 Å². The second-order valence-electron chi connectivity index (χ2n) is 5.59. The quantitative estimate of drug-likeness (QED) is 0.820. The lowest BCUT2D eigenvalue weighted by molar-refractivity contribution is 0.0718. The summed E-state index contributed by atoms with van der Waals surface area (Å²) in [5, 5.41) is 14.4. The average molecular weight is 269 g/mol. The first kappa shape index (κ1) is 13.7. The topological polar surface area (TPSA) is 35.5 Å². The maximum Gasteiger partial charge on any atom is 0.0917 e. The molecule has 1 aromatic carbocycles. The van der Waals surface area contributed by atoms with Crippen LogP contribution in [0.15, 0.2) is 18.2 Å². The Kier molecular flexibility index (Phi) is 3.85. The first-order chi connectivity index (χ1) is 8.37. The second-order valence-corrected chi connectivity index (χ2v) is 6.03. The maximum atomic E-state index is 10.3. The van der Waals surface area contributed by atoms with E-state index >= 15 is 0 Å². The van der Waals surface area contributed by atoms with Crippen LogP contribution < -0.4 is 10.2 Å². The van der Waals surface area contributed by atoms with Gasteiger partial charge in [0.1, 0.15) is 0 Å². The Labute approximate surface area is 114 Å². The fraction of sp³-hybridized carbons (Fsp3) is 0.571. The number of halogens is 1. The first-order valence-corrected chi connectivity index (χ1v) is 6.72. The summed E-state index contributed by atoms with van der Waals surface area (Å²) in [6.45, 7) is 8.18. The van der Waals surface area contributed by atoms with Gasteiger partial charge in [0.2, 0.25) is 0 Å². The molecule has 0 aliphatic carbocycles. The highest BCUT2D eigenvalue weighted by Gasteiger charge is 2.29. The second kappa shape index (κ2) is 5.08. The van der Waals surface area contributed by atoms with Gasteiger partial charge >= 0.3 is 0 Å². The van der Waals surface area contributed by atoms with Crippen molar-refractivity contribution in [1.82, 2.24) is 5.32 Å². The van der Waals surface area contributed by atoms with Crippen molar-refractivity contribution in [3.05, 3.63) is 28.8 Å². The van der Waals surface area contributed by atoms with Crippen LogP contribution in [-0.2, 0) is 0 Å². The van der Waals surface area contributed by atoms with Crippen LogP contribution >= 0.6 is 11.6 Å². The van der Waals surface area contributed by atoms with E-state index in [0.717, 1.165) is 17.3 Å². The van der Waals surface area contributed by atoms with Gasteiger partial charge in [-0.25, -0.2) is 0 Å². The number of β-amino-alcohol motifs (C(OH)–C–C–N with tert-alkyl or cyclic N) is 1. The Bertz CT molecular complexity index is 434. The molecule has 18 heavy (non-hydrogen) atoms. The van der Waals surface area contributed by atoms with Crippen molar-refractivity contribution in [2.45, 2.75) is 32.4 Å². The third-order valence-corrected chi connectivity index (χ3v) is 3.60. The van der Waals surface area contributed by atoms with E-state index in [1.807, 2.05) is 25.1 Å². The molecule has 3 nitrogen and oxygen atoms in total. The molecule has 2 N–H and O–H groups in total. The summed E-state index contributed by atoms with van der Waals surface area (Å²) >= 11 is 6.08. The zero-order valence-corrected chi connectivity index (χ0v) is 12.0. The number of nitrogens with one attached hydrogen (secondary N) is 1. The Balaban J connectivity index is 2.32. The molecule has 1 saturated heterocycles. The van der Waals surface area contributed by atoms with Crippen molar-refractivity contribution < 1.29 is 5.11 Å². The summed E-state index contributed by atoms with van der Waals surface area (Å²) in [5.74, 6) is 0. The van der Waals surface area contributed by atoms with Gasteiger partial charge in [0.05, 0.1) is 5.60 Å². The van der Waals surface area contributed by atoms with Gasteiger partial charge in [0.15, 0.2) is 0 Å². The maximum absolute atomic E-state index is 10.3. The van der Waals surface area contributed by atoms with E-state index in [1.54, 1.807) is 0 Å². The molecule has 0 spiro atoms. The van der Waals surface area contributed by atoms with Crippen molar-refractivity contribution in [3.63, 3.8) is 0 Å². The van der Waals surface area contributed by atoms with Crippen LogP contribution in [0, 0.1) is 6.92 Å². The zero-order valence-electron chi connectivity index (χ0n) is 11.2. The van der Waals surface area contributed by atoms with Gasteiger partial charge in [-0.15, -0.1) is 0 Å². The molecule has 2 rings (SSSR count). The minimum absolute atomic E-state index is 0.345. The Morgan fingerprint density at radius 3 is 2.94 bits per heavy atom. The van der Waals surface area contributed by atoms with Gasteiger partial charge in [0, 0.05) is 36.4 Å². The van der Waals surface area contributed by atoms with Crippen LogP contribution in [0.25, 0.3) is 0 Å². The third-order valence-electron chi connectivity index (χ3n) is 3.37. The summed E-state index contributed by atoms with van der Waals surface area (Å²) in [5.41, 5.74) is 1.57. The average Bonchev–Trinajstić information content (AvgIpc) is 2.41. The molecule has 1 fully saturated rings. The number of hydrogen-bond donors (Lipinski definition) is 2. The fourth-order valence-corrected chi connectivity index (χ4v) is 2.59. The van der Waals surface area contributed by atoms with Crippen molar-refractivity contribution in [1.29, 1.82) is 0 Å². The van der Waals surface area contributed by atoms with E-state index in [2.05, 4.69) is 24.1 Å². The molecule has 0 amide bonds. The number of benzene rings is 1. The normalized spacial score (nSPS) is 29.2. The Hall–Kier alpha value is -0.770. The number of aliphatic hydroxyl groups is 1. The fourth-order valence-electron chi connectivity index (χ4n) is 2.43. The largest absolute Gasteiger partial charge is 0.387 e. The molecule has 0 radical (unpaired) electrons. The Morgan fingerprint density at radius 2 is 2.22 bits per heavy atom. The summed E-state index contributed by atoms with van der Waals surface area (Å²) in [4.78, 5) is 2.21. The van der Waals surface area contributed by atoms with E-state index in [4.69, 9.17) is 11.6 Å². The number of nitrogens with zero attached hydrogens (tertiary/aromatic N) is 1. The van der Waals surface area contributed by atoms with E-state index in [9.17, 15) is 5.11 Å². The van der Waals surface area contributed by atoms with Crippen molar-refractivity contribution in [2.24, 2.45) is 0 Å². The van der Waals surface area contributed by atoms with Gasteiger partial charge in [-0.3, -0.25) is 0 Å². The zero-order chi connectivity index (χ0) is 13.3. The predicted octanol–water partition coefficient (Wildman–Crippen LogP) is 2.20. The summed E-state index contributed by atoms with van der Waals surface area (Å²) in [6, 6.07) is 6.25. The molecule has 2 unspecified atom stereocenters. The Morgan fingerprint density at radius 1 is 1.50 bits per heavy atom. The predicted molar refractivity (Wildman–Crippen MR) is 76.5 cm³/mol. The van der Waals surface area contributed by atoms with Gasteiger partial charge in [0.25, 0.3) is 0 Å². The molecule has 1 aliphatic rings. The lowest BCUT2D eigenvalue weighted by Crippen LogP contribution is -2.43. The molecule has 100 valence electrons. The molecule has 1 aliphatic heterocycles. The van der Waals surface area contributed by atoms with Gasteiger partial charge in [-0.05, 0) is 38.5 Å². The minimum atomic E-state index is -0.723. The number of anilines is 1. The lowest BCUT2D eigenvalue weighted by Gasteiger charge is -2.31. The molecule has 0 bridgehead atoms. The van der Waals surface area contributed by atoms with Gasteiger partial charge in [-0.1, -0.05) is 17.7 Å². The van der Waals surface area contributed by atoms with Crippen LogP contribution in [0.1, 0.15) is 19.4 Å². The van der Waals surface area contributed by atoms with Crippen LogP contribution in [0.5, 0.6) is 0 Å². The summed E-state index contributed by atoms with van der Waals surface area (Å²) in [7, 11) is 0. The van der Waals surface area contributed by atoms with Crippen LogP contribution in [-0.4, -0.2) is 36.4 Å². The summed E-state index contributed by atoms with van der Waals surface area (Å²) < 4.78 is 0. The van der Waals surface area contributed by atoms with Crippen LogP contribution in [0.2, 0.25) is 5.02 Å². The van der Waals surface area contributed by atoms with Gasteiger partial charge in [-0.2, -0.15) is 0 Å². The molecule has 0 aromatic heterocycles. The monoisotopic (exact) mass is 268 g/mol. The standard InChI is InChI=1S/C14H21ClN2O/c1-10-4-5-12(15)6-13(10)17-7-11(2)16-8-14(3,18)9-17/h4-6,11,16,18H,7-9H2,1-3H3. The van der Waals surface area contributed by atoms with Crippen molar-refractivity contribution in [3.8, 4) is 0 Å². The van der Waals surface area contributed by atoms with Gasteiger partial charge < -0.3 is 15.3 Å². The molecule has 2 atom stereocenters. The van der Waals surface area contributed by atoms with Crippen molar-refractivity contribution in [2.75, 3.05) is 24.5 Å². The highest BCUT2D eigenvalue weighted by molar-refractivity contribution is 6.30. The molecular weight excluding hydrogens is 248 g/mol. The molecule has 1 aromatic rings. The smallest absolute Gasteiger partial charge is 0.0917 e. The molecule has 1 heterocycles. The highest BCUT2D eigenvalue weighted by atomic mass is 35.5. The van der Waals surface area contributed by atoms with E-state index in [0.29, 0.717) is 19.1 Å².